The molecule has 0 aliphatic carbocycles. The Hall–Kier alpha value is -1.26. The van der Waals surface area contributed by atoms with Gasteiger partial charge in [0.15, 0.2) is 0 Å². The van der Waals surface area contributed by atoms with Crippen molar-refractivity contribution in [2.45, 2.75) is 25.9 Å². The lowest BCUT2D eigenvalue weighted by molar-refractivity contribution is 0.563. The molecule has 0 saturated carbocycles. The molecule has 2 N–H and O–H groups in total. The highest BCUT2D eigenvalue weighted by Crippen LogP contribution is 2.26. The van der Waals surface area contributed by atoms with Crippen LogP contribution in [0.3, 0.4) is 0 Å². The fraction of sp³-hybridized carbons (Fsp3) is 0.333. The zero-order valence-corrected chi connectivity index (χ0v) is 12.9. The van der Waals surface area contributed by atoms with Gasteiger partial charge in [-0.15, -0.1) is 0 Å². The normalized spacial score (nSPS) is 12.4. The van der Waals surface area contributed by atoms with E-state index < -0.39 is 0 Å². The van der Waals surface area contributed by atoms with Gasteiger partial charge < -0.3 is 15.1 Å². The Morgan fingerprint density at radius 2 is 2.16 bits per heavy atom. The van der Waals surface area contributed by atoms with E-state index >= 15 is 0 Å². The van der Waals surface area contributed by atoms with Gasteiger partial charge in [-0.25, -0.2) is 0 Å². The molecule has 2 rings (SSSR count). The van der Waals surface area contributed by atoms with Crippen LogP contribution in [0.25, 0.3) is 0 Å². The van der Waals surface area contributed by atoms with Crippen molar-refractivity contribution in [2.75, 3.05) is 11.9 Å². The Morgan fingerprint density at radius 1 is 1.37 bits per heavy atom. The topological polar surface area (TPSA) is 42.4 Å². The van der Waals surface area contributed by atoms with E-state index in [1.165, 1.54) is 11.3 Å². The molecule has 1 unspecified atom stereocenters. The molecule has 0 aliphatic heterocycles. The van der Waals surface area contributed by atoms with Crippen molar-refractivity contribution in [3.8, 4) is 0 Å². The molecule has 1 aromatic heterocycles. The molecule has 3 nitrogen and oxygen atoms in total. The molecule has 1 aromatic carbocycles. The minimum atomic E-state index is 0.148. The third-order valence-electron chi connectivity index (χ3n) is 2.99. The van der Waals surface area contributed by atoms with Crippen LogP contribution in [0.5, 0.6) is 0 Å². The molecule has 4 heteroatoms. The van der Waals surface area contributed by atoms with Crippen LogP contribution < -0.4 is 10.6 Å². The maximum Gasteiger partial charge on any atom is 0.0952 e. The first-order chi connectivity index (χ1) is 9.06. The summed E-state index contributed by atoms with van der Waals surface area (Å²) in [4.78, 5) is 2.22. The van der Waals surface area contributed by atoms with E-state index in [4.69, 9.17) is 10.2 Å². The van der Waals surface area contributed by atoms with Gasteiger partial charge in [-0.1, -0.05) is 15.9 Å². The van der Waals surface area contributed by atoms with Gasteiger partial charge in [0.1, 0.15) is 0 Å². The molecule has 0 bridgehead atoms. The second-order valence-corrected chi connectivity index (χ2v) is 5.86. The quantitative estimate of drug-likeness (QED) is 0.915. The van der Waals surface area contributed by atoms with E-state index in [9.17, 15) is 0 Å². The maximum absolute atomic E-state index is 5.93. The zero-order chi connectivity index (χ0) is 13.8. The molecular formula is C15H19BrN2O. The van der Waals surface area contributed by atoms with Gasteiger partial charge >= 0.3 is 0 Å². The van der Waals surface area contributed by atoms with Crippen molar-refractivity contribution >= 4 is 21.6 Å². The van der Waals surface area contributed by atoms with Crippen molar-refractivity contribution in [1.82, 2.24) is 0 Å². The largest absolute Gasteiger partial charge is 0.472 e. The number of benzene rings is 1. The molecule has 19 heavy (non-hydrogen) atoms. The highest BCUT2D eigenvalue weighted by Gasteiger charge is 2.10. The van der Waals surface area contributed by atoms with Gasteiger partial charge in [-0.3, -0.25) is 0 Å². The number of hydrogen-bond acceptors (Lipinski definition) is 3. The molecule has 2 aromatic rings. The van der Waals surface area contributed by atoms with Crippen LogP contribution in [0, 0.1) is 0 Å². The van der Waals surface area contributed by atoms with E-state index in [0.29, 0.717) is 0 Å². The first-order valence-corrected chi connectivity index (χ1v) is 7.12. The number of anilines is 1. The van der Waals surface area contributed by atoms with Crippen LogP contribution in [0.15, 0.2) is 45.7 Å². The van der Waals surface area contributed by atoms with Crippen LogP contribution in [0.2, 0.25) is 0 Å². The SMILES string of the molecule is CC(N)Cc1cc(Br)ccc1N(C)Cc1ccoc1. The lowest BCUT2D eigenvalue weighted by Crippen LogP contribution is -2.22. The molecule has 1 atom stereocenters. The molecular weight excluding hydrogens is 304 g/mol. The lowest BCUT2D eigenvalue weighted by atomic mass is 10.0. The summed E-state index contributed by atoms with van der Waals surface area (Å²) in [5.74, 6) is 0. The Kier molecular flexibility index (Phi) is 4.66. The highest BCUT2D eigenvalue weighted by atomic mass is 79.9. The Labute approximate surface area is 122 Å². The number of rotatable bonds is 5. The van der Waals surface area contributed by atoms with Gasteiger partial charge in [0.25, 0.3) is 0 Å². The Balaban J connectivity index is 2.22. The molecule has 0 aliphatic rings. The van der Waals surface area contributed by atoms with Gasteiger partial charge in [0.2, 0.25) is 0 Å². The monoisotopic (exact) mass is 322 g/mol. The highest BCUT2D eigenvalue weighted by molar-refractivity contribution is 9.10. The first-order valence-electron chi connectivity index (χ1n) is 6.32. The van der Waals surface area contributed by atoms with Crippen LogP contribution in [0.4, 0.5) is 5.69 Å². The summed E-state index contributed by atoms with van der Waals surface area (Å²) >= 11 is 3.52. The van der Waals surface area contributed by atoms with Crippen LogP contribution in [0.1, 0.15) is 18.1 Å². The maximum atomic E-state index is 5.93. The van der Waals surface area contributed by atoms with Crippen molar-refractivity contribution in [3.05, 3.63) is 52.4 Å². The predicted octanol–water partition coefficient (Wildman–Crippen LogP) is 3.57. The number of furan rings is 1. The van der Waals surface area contributed by atoms with E-state index in [2.05, 4.69) is 46.1 Å². The summed E-state index contributed by atoms with van der Waals surface area (Å²) in [6.07, 6.45) is 4.35. The van der Waals surface area contributed by atoms with E-state index in [1.54, 1.807) is 12.5 Å². The summed E-state index contributed by atoms with van der Waals surface area (Å²) in [7, 11) is 2.08. The standard InChI is InChI=1S/C15H19BrN2O/c1-11(17)7-13-8-14(16)3-4-15(13)18(2)9-12-5-6-19-10-12/h3-6,8,10-11H,7,9,17H2,1-2H3. The molecule has 0 saturated heterocycles. The van der Waals surface area contributed by atoms with Gasteiger partial charge in [-0.05, 0) is 43.2 Å². The van der Waals surface area contributed by atoms with Gasteiger partial charge in [0, 0.05) is 35.4 Å². The third kappa shape index (κ3) is 3.85. The fourth-order valence-corrected chi connectivity index (χ4v) is 2.59. The van der Waals surface area contributed by atoms with E-state index in [-0.39, 0.29) is 6.04 Å². The summed E-state index contributed by atoms with van der Waals surface area (Å²) in [5, 5.41) is 0. The van der Waals surface area contributed by atoms with Crippen LogP contribution in [-0.4, -0.2) is 13.1 Å². The van der Waals surface area contributed by atoms with Gasteiger partial charge in [0.05, 0.1) is 12.5 Å². The van der Waals surface area contributed by atoms with Crippen molar-refractivity contribution in [1.29, 1.82) is 0 Å². The number of halogens is 1. The molecule has 0 amide bonds. The molecule has 1 heterocycles. The number of hydrogen-bond donors (Lipinski definition) is 1. The minimum absolute atomic E-state index is 0.148. The number of nitrogens with two attached hydrogens (primary N) is 1. The van der Waals surface area contributed by atoms with Crippen molar-refractivity contribution in [2.24, 2.45) is 5.73 Å². The average molecular weight is 323 g/mol. The second-order valence-electron chi connectivity index (χ2n) is 4.94. The predicted molar refractivity (Wildman–Crippen MR) is 82.3 cm³/mol. The Bertz CT molecular complexity index is 523. The lowest BCUT2D eigenvalue weighted by Gasteiger charge is -2.23. The van der Waals surface area contributed by atoms with Gasteiger partial charge in [-0.2, -0.15) is 0 Å². The van der Waals surface area contributed by atoms with Crippen molar-refractivity contribution in [3.63, 3.8) is 0 Å². The molecule has 0 fully saturated rings. The summed E-state index contributed by atoms with van der Waals surface area (Å²) in [6.45, 7) is 2.85. The van der Waals surface area contributed by atoms with E-state index in [0.717, 1.165) is 23.0 Å². The smallest absolute Gasteiger partial charge is 0.0952 e. The fourth-order valence-electron chi connectivity index (χ4n) is 2.18. The zero-order valence-electron chi connectivity index (χ0n) is 11.3. The summed E-state index contributed by atoms with van der Waals surface area (Å²) in [6, 6.07) is 8.47. The molecule has 102 valence electrons. The van der Waals surface area contributed by atoms with Crippen molar-refractivity contribution < 1.29 is 4.42 Å². The molecule has 0 radical (unpaired) electrons. The van der Waals surface area contributed by atoms with Crippen LogP contribution >= 0.6 is 15.9 Å². The molecule has 0 spiro atoms. The number of nitrogens with zero attached hydrogens (tertiary/aromatic N) is 1. The first kappa shape index (κ1) is 14.2. The summed E-state index contributed by atoms with van der Waals surface area (Å²) < 4.78 is 6.20. The summed E-state index contributed by atoms with van der Waals surface area (Å²) in [5.41, 5.74) is 9.56. The van der Waals surface area contributed by atoms with E-state index in [1.807, 2.05) is 13.0 Å². The minimum Gasteiger partial charge on any atom is -0.472 e. The second kappa shape index (κ2) is 6.26. The average Bonchev–Trinajstić information content (AvgIpc) is 2.80. The Morgan fingerprint density at radius 3 is 2.79 bits per heavy atom. The van der Waals surface area contributed by atoms with Crippen LogP contribution in [-0.2, 0) is 13.0 Å². The third-order valence-corrected chi connectivity index (χ3v) is 3.49.